The fraction of sp³-hybridized carbons (Fsp3) is 1.00. The van der Waals surface area contributed by atoms with E-state index in [1.54, 1.807) is 0 Å². The highest BCUT2D eigenvalue weighted by molar-refractivity contribution is 7.89. The normalized spacial score (nSPS) is 20.5. The molecule has 0 unspecified atom stereocenters. The molecule has 0 aromatic heterocycles. The summed E-state index contributed by atoms with van der Waals surface area (Å²) in [5, 5.41) is 0. The number of nitrogens with two attached hydrogens (primary N) is 1. The van der Waals surface area contributed by atoms with Crippen molar-refractivity contribution in [2.45, 2.75) is 63.1 Å². The van der Waals surface area contributed by atoms with Crippen LogP contribution in [0.5, 0.6) is 0 Å². The lowest BCUT2D eigenvalue weighted by atomic mass is 9.90. The Bertz CT molecular complexity index is 416. The first kappa shape index (κ1) is 18.7. The minimum Gasteiger partial charge on any atom is -0.329 e. The van der Waals surface area contributed by atoms with Gasteiger partial charge < -0.3 is 5.73 Å². The van der Waals surface area contributed by atoms with Crippen molar-refractivity contribution >= 4 is 10.0 Å². The highest BCUT2D eigenvalue weighted by Crippen LogP contribution is 2.33. The second-order valence-corrected chi connectivity index (χ2v) is 7.96. The monoisotopic (exact) mass is 330 g/mol. The minimum absolute atomic E-state index is 0.210. The van der Waals surface area contributed by atoms with Crippen LogP contribution < -0.4 is 5.73 Å². The zero-order valence-electron chi connectivity index (χ0n) is 12.5. The molecule has 0 radical (unpaired) electrons. The number of hydrogen-bond acceptors (Lipinski definition) is 3. The molecule has 1 rings (SSSR count). The zero-order chi connectivity index (χ0) is 16.1. The van der Waals surface area contributed by atoms with E-state index in [2.05, 4.69) is 0 Å². The molecular formula is C13H25F3N2O2S. The fourth-order valence-corrected chi connectivity index (χ4v) is 4.55. The Labute approximate surface area is 124 Å². The Morgan fingerprint density at radius 2 is 1.67 bits per heavy atom. The summed E-state index contributed by atoms with van der Waals surface area (Å²) in [5.74, 6) is -0.481. The molecule has 0 aromatic carbocycles. The number of nitrogens with zero attached hydrogens (tertiary/aromatic N) is 1. The maximum atomic E-state index is 12.3. The first-order chi connectivity index (χ1) is 9.63. The lowest BCUT2D eigenvalue weighted by Crippen LogP contribution is -2.54. The van der Waals surface area contributed by atoms with Gasteiger partial charge in [-0.1, -0.05) is 25.7 Å². The van der Waals surface area contributed by atoms with Gasteiger partial charge in [-0.05, 0) is 19.3 Å². The Balaban J connectivity index is 2.75. The van der Waals surface area contributed by atoms with Gasteiger partial charge in [0.25, 0.3) is 0 Å². The minimum atomic E-state index is -4.32. The second kappa shape index (κ2) is 7.28. The Morgan fingerprint density at radius 1 is 1.14 bits per heavy atom. The zero-order valence-corrected chi connectivity index (χ0v) is 13.3. The van der Waals surface area contributed by atoms with Crippen LogP contribution in [0, 0.1) is 0 Å². The number of alkyl halides is 3. The summed E-state index contributed by atoms with van der Waals surface area (Å²) in [7, 11) is -2.26. The third-order valence-electron chi connectivity index (χ3n) is 4.36. The fourth-order valence-electron chi connectivity index (χ4n) is 2.92. The van der Waals surface area contributed by atoms with Crippen molar-refractivity contribution in [2.75, 3.05) is 19.3 Å². The molecule has 0 aliphatic heterocycles. The second-order valence-electron chi connectivity index (χ2n) is 5.84. The molecule has 0 atom stereocenters. The molecule has 0 spiro atoms. The molecule has 1 aliphatic carbocycles. The van der Waals surface area contributed by atoms with Gasteiger partial charge in [0.2, 0.25) is 10.0 Å². The Morgan fingerprint density at radius 3 is 2.10 bits per heavy atom. The van der Waals surface area contributed by atoms with Crippen molar-refractivity contribution in [2.24, 2.45) is 5.73 Å². The van der Waals surface area contributed by atoms with E-state index in [9.17, 15) is 21.6 Å². The van der Waals surface area contributed by atoms with E-state index in [1.807, 2.05) is 0 Å². The summed E-state index contributed by atoms with van der Waals surface area (Å²) in [6.45, 7) is 0.210. The Hall–Kier alpha value is -0.340. The van der Waals surface area contributed by atoms with Gasteiger partial charge in [-0.3, -0.25) is 0 Å². The molecule has 0 bridgehead atoms. The van der Waals surface area contributed by atoms with Crippen LogP contribution in [0.25, 0.3) is 0 Å². The van der Waals surface area contributed by atoms with E-state index in [0.29, 0.717) is 12.8 Å². The van der Waals surface area contributed by atoms with Gasteiger partial charge in [-0.15, -0.1) is 0 Å². The lowest BCUT2D eigenvalue weighted by molar-refractivity contribution is -0.134. The number of rotatable bonds is 6. The summed E-state index contributed by atoms with van der Waals surface area (Å²) >= 11 is 0. The Kier molecular flexibility index (Phi) is 6.49. The van der Waals surface area contributed by atoms with E-state index in [4.69, 9.17) is 5.73 Å². The smallest absolute Gasteiger partial charge is 0.329 e. The van der Waals surface area contributed by atoms with Gasteiger partial charge in [0.1, 0.15) is 0 Å². The van der Waals surface area contributed by atoms with E-state index in [1.165, 1.54) is 11.4 Å². The topological polar surface area (TPSA) is 63.4 Å². The molecule has 8 heteroatoms. The maximum Gasteiger partial charge on any atom is 0.389 e. The van der Waals surface area contributed by atoms with Crippen molar-refractivity contribution in [3.8, 4) is 0 Å². The van der Waals surface area contributed by atoms with Crippen molar-refractivity contribution in [3.63, 3.8) is 0 Å². The molecule has 1 fully saturated rings. The number of likely N-dealkylation sites (N-methyl/N-ethyl adjacent to an activating group) is 1. The first-order valence-corrected chi connectivity index (χ1v) is 8.97. The maximum absolute atomic E-state index is 12.3. The lowest BCUT2D eigenvalue weighted by Gasteiger charge is -2.39. The standard InChI is InChI=1S/C13H25F3N2O2S/c1-18(12(11-17)7-4-2-3-5-8-12)21(19,20)10-6-9-13(14,15)16/h2-11,17H2,1H3. The van der Waals surface area contributed by atoms with E-state index >= 15 is 0 Å². The van der Waals surface area contributed by atoms with Crippen molar-refractivity contribution in [1.82, 2.24) is 4.31 Å². The third kappa shape index (κ3) is 5.41. The summed E-state index contributed by atoms with van der Waals surface area (Å²) in [6, 6.07) is 0. The van der Waals surface area contributed by atoms with Crippen LogP contribution in [0.3, 0.4) is 0 Å². The van der Waals surface area contributed by atoms with Crippen LogP contribution in [0.4, 0.5) is 13.2 Å². The van der Waals surface area contributed by atoms with Crippen LogP contribution in [0.1, 0.15) is 51.4 Å². The summed E-state index contributed by atoms with van der Waals surface area (Å²) in [4.78, 5) is 0. The predicted octanol–water partition coefficient (Wildman–Crippen LogP) is 2.64. The molecule has 126 valence electrons. The average Bonchev–Trinajstić information content (AvgIpc) is 2.62. The van der Waals surface area contributed by atoms with Crippen LogP contribution in [-0.4, -0.2) is 43.8 Å². The number of hydrogen-bond donors (Lipinski definition) is 1. The quantitative estimate of drug-likeness (QED) is 0.762. The van der Waals surface area contributed by atoms with Crippen molar-refractivity contribution in [1.29, 1.82) is 0 Å². The van der Waals surface area contributed by atoms with E-state index in [-0.39, 0.29) is 6.54 Å². The predicted molar refractivity (Wildman–Crippen MR) is 76.3 cm³/mol. The largest absolute Gasteiger partial charge is 0.389 e. The molecular weight excluding hydrogens is 305 g/mol. The third-order valence-corrected chi connectivity index (χ3v) is 6.39. The molecule has 21 heavy (non-hydrogen) atoms. The van der Waals surface area contributed by atoms with Crippen LogP contribution >= 0.6 is 0 Å². The highest BCUT2D eigenvalue weighted by atomic mass is 32.2. The molecule has 0 amide bonds. The van der Waals surface area contributed by atoms with Gasteiger partial charge in [-0.2, -0.15) is 17.5 Å². The van der Waals surface area contributed by atoms with Crippen LogP contribution in [0.15, 0.2) is 0 Å². The molecule has 0 saturated heterocycles. The molecule has 1 aliphatic rings. The van der Waals surface area contributed by atoms with Gasteiger partial charge in [0, 0.05) is 25.6 Å². The van der Waals surface area contributed by atoms with Gasteiger partial charge >= 0.3 is 6.18 Å². The molecule has 2 N–H and O–H groups in total. The van der Waals surface area contributed by atoms with E-state index in [0.717, 1.165) is 25.7 Å². The van der Waals surface area contributed by atoms with Crippen molar-refractivity contribution < 1.29 is 21.6 Å². The summed E-state index contributed by atoms with van der Waals surface area (Å²) in [6.07, 6.45) is -0.544. The van der Waals surface area contributed by atoms with E-state index < -0.39 is 40.3 Å². The summed E-state index contributed by atoms with van der Waals surface area (Å²) in [5.41, 5.74) is 5.19. The van der Waals surface area contributed by atoms with Crippen molar-refractivity contribution in [3.05, 3.63) is 0 Å². The number of halogens is 3. The van der Waals surface area contributed by atoms with Crippen LogP contribution in [-0.2, 0) is 10.0 Å². The first-order valence-electron chi connectivity index (χ1n) is 7.36. The highest BCUT2D eigenvalue weighted by Gasteiger charge is 2.40. The SMILES string of the molecule is CN(C1(CN)CCCCCC1)S(=O)(=O)CCCC(F)(F)F. The van der Waals surface area contributed by atoms with Gasteiger partial charge in [0.05, 0.1) is 5.75 Å². The molecule has 4 nitrogen and oxygen atoms in total. The molecule has 0 heterocycles. The van der Waals surface area contributed by atoms with Gasteiger partial charge in [0.15, 0.2) is 0 Å². The van der Waals surface area contributed by atoms with Crippen LogP contribution in [0.2, 0.25) is 0 Å². The van der Waals surface area contributed by atoms with Gasteiger partial charge in [-0.25, -0.2) is 8.42 Å². The molecule has 1 saturated carbocycles. The number of sulfonamides is 1. The summed E-state index contributed by atoms with van der Waals surface area (Å²) < 4.78 is 62.3. The average molecular weight is 330 g/mol. The molecule has 0 aromatic rings.